The number of anilines is 1. The number of halogens is 1. The van der Waals surface area contributed by atoms with Crippen LogP contribution in [0.15, 0.2) is 47.5 Å². The van der Waals surface area contributed by atoms with E-state index in [1.807, 2.05) is 20.2 Å². The number of benzene rings is 2. The Labute approximate surface area is 194 Å². The Morgan fingerprint density at radius 3 is 2.56 bits per heavy atom. The average Bonchev–Trinajstić information content (AvgIpc) is 3.16. The van der Waals surface area contributed by atoms with Crippen LogP contribution in [0.4, 0.5) is 5.69 Å². The number of fused-ring (bicyclic) bond motifs is 1. The maximum Gasteiger partial charge on any atom is 0.268 e. The Bertz CT molecular complexity index is 1220. The van der Waals surface area contributed by atoms with Gasteiger partial charge in [-0.3, -0.25) is 0 Å². The molecule has 0 saturated carbocycles. The molecule has 3 aromatic rings. The zero-order valence-corrected chi connectivity index (χ0v) is 20.2. The highest BCUT2D eigenvalue weighted by atomic mass is 35.5. The van der Waals surface area contributed by atoms with Gasteiger partial charge in [-0.1, -0.05) is 11.6 Å². The van der Waals surface area contributed by atoms with Crippen molar-refractivity contribution in [1.82, 2.24) is 14.2 Å². The van der Waals surface area contributed by atoms with Crippen molar-refractivity contribution in [3.05, 3.63) is 53.2 Å². The van der Waals surface area contributed by atoms with Crippen molar-refractivity contribution in [3.63, 3.8) is 0 Å². The normalized spacial score (nSPS) is 15.0. The van der Waals surface area contributed by atoms with Crippen LogP contribution >= 0.6 is 11.6 Å². The molecule has 0 aliphatic carbocycles. The number of nitrogens with one attached hydrogen (secondary N) is 1. The quantitative estimate of drug-likeness (QED) is 0.565. The number of aromatic nitrogens is 1. The standard InChI is InChI=1S/C23H29ClN4O3S/c1-26(2)11-8-17-16-28(21-6-4-18(24)14-20(17)21)32(29,30)19-5-7-23(31-3)22(15-19)27-12-9-25-10-13-27/h4-7,14-16,25H,8-13H2,1-3H3. The number of ether oxygens (including phenoxy) is 1. The van der Waals surface area contributed by atoms with E-state index in [1.54, 1.807) is 43.6 Å². The summed E-state index contributed by atoms with van der Waals surface area (Å²) in [4.78, 5) is 4.47. The summed E-state index contributed by atoms with van der Waals surface area (Å²) < 4.78 is 34.4. The molecule has 1 aliphatic heterocycles. The number of hydrogen-bond donors (Lipinski definition) is 1. The minimum atomic E-state index is -3.82. The second kappa shape index (κ2) is 9.31. The highest BCUT2D eigenvalue weighted by Gasteiger charge is 2.24. The molecule has 0 amide bonds. The van der Waals surface area contributed by atoms with Crippen LogP contribution in [0, 0.1) is 0 Å². The first-order valence-electron chi connectivity index (χ1n) is 10.6. The van der Waals surface area contributed by atoms with E-state index in [0.717, 1.165) is 55.8 Å². The fourth-order valence-electron chi connectivity index (χ4n) is 4.08. The zero-order valence-electron chi connectivity index (χ0n) is 18.6. The first-order valence-corrected chi connectivity index (χ1v) is 12.5. The molecular weight excluding hydrogens is 448 g/mol. The summed E-state index contributed by atoms with van der Waals surface area (Å²) in [5, 5.41) is 4.77. The van der Waals surface area contributed by atoms with Crippen molar-refractivity contribution in [2.45, 2.75) is 11.3 Å². The van der Waals surface area contributed by atoms with Gasteiger partial charge in [0.05, 0.1) is 23.2 Å². The van der Waals surface area contributed by atoms with E-state index >= 15 is 0 Å². The number of methoxy groups -OCH3 is 1. The van der Waals surface area contributed by atoms with Gasteiger partial charge in [0.25, 0.3) is 10.0 Å². The molecule has 1 aliphatic rings. The summed E-state index contributed by atoms with van der Waals surface area (Å²) in [5.74, 6) is 0.668. The molecule has 0 unspecified atom stereocenters. The molecule has 4 rings (SSSR count). The minimum Gasteiger partial charge on any atom is -0.495 e. The monoisotopic (exact) mass is 476 g/mol. The Morgan fingerprint density at radius 1 is 1.12 bits per heavy atom. The third kappa shape index (κ3) is 4.45. The van der Waals surface area contributed by atoms with Gasteiger partial charge in [-0.2, -0.15) is 0 Å². The van der Waals surface area contributed by atoms with Crippen molar-refractivity contribution in [1.29, 1.82) is 0 Å². The highest BCUT2D eigenvalue weighted by molar-refractivity contribution is 7.90. The molecule has 1 N–H and O–H groups in total. The van der Waals surface area contributed by atoms with E-state index in [1.165, 1.54) is 3.97 Å². The second-order valence-corrected chi connectivity index (χ2v) is 10.5. The van der Waals surface area contributed by atoms with Crippen molar-refractivity contribution in [2.24, 2.45) is 0 Å². The third-order valence-corrected chi connectivity index (χ3v) is 7.71. The fraction of sp³-hybridized carbons (Fsp3) is 0.391. The van der Waals surface area contributed by atoms with Crippen molar-refractivity contribution in [3.8, 4) is 5.75 Å². The molecule has 1 saturated heterocycles. The van der Waals surface area contributed by atoms with Gasteiger partial charge < -0.3 is 19.9 Å². The van der Waals surface area contributed by atoms with Crippen LogP contribution in [0.2, 0.25) is 5.02 Å². The topological polar surface area (TPSA) is 66.8 Å². The maximum atomic E-state index is 13.8. The van der Waals surface area contributed by atoms with Crippen LogP contribution in [-0.4, -0.2) is 71.2 Å². The maximum absolute atomic E-state index is 13.8. The van der Waals surface area contributed by atoms with E-state index in [9.17, 15) is 8.42 Å². The first kappa shape index (κ1) is 22.9. The van der Waals surface area contributed by atoms with Crippen LogP contribution < -0.4 is 15.0 Å². The first-order chi connectivity index (χ1) is 15.3. The largest absolute Gasteiger partial charge is 0.495 e. The summed E-state index contributed by atoms with van der Waals surface area (Å²) in [5.41, 5.74) is 2.38. The predicted octanol–water partition coefficient (Wildman–Crippen LogP) is 3.05. The Hall–Kier alpha value is -2.26. The molecule has 1 aromatic heterocycles. The second-order valence-electron chi connectivity index (χ2n) is 8.24. The SMILES string of the molecule is COc1ccc(S(=O)(=O)n2cc(CCN(C)C)c3cc(Cl)ccc32)cc1N1CCNCC1. The molecule has 0 bridgehead atoms. The van der Waals surface area contributed by atoms with Crippen LogP contribution in [0.25, 0.3) is 10.9 Å². The molecular formula is C23H29ClN4O3S. The van der Waals surface area contributed by atoms with Gasteiger partial charge in [-0.15, -0.1) is 0 Å². The number of hydrogen-bond acceptors (Lipinski definition) is 6. The number of likely N-dealkylation sites (N-methyl/N-ethyl adjacent to an activating group) is 1. The Balaban J connectivity index is 1.81. The molecule has 1 fully saturated rings. The summed E-state index contributed by atoms with van der Waals surface area (Å²) in [6, 6.07) is 10.4. The lowest BCUT2D eigenvalue weighted by molar-refractivity contribution is 0.412. The fourth-order valence-corrected chi connectivity index (χ4v) is 5.66. The van der Waals surface area contributed by atoms with E-state index in [0.29, 0.717) is 16.3 Å². The lowest BCUT2D eigenvalue weighted by Gasteiger charge is -2.30. The number of piperazine rings is 1. The van der Waals surface area contributed by atoms with Gasteiger partial charge >= 0.3 is 0 Å². The molecule has 2 aromatic carbocycles. The highest BCUT2D eigenvalue weighted by Crippen LogP contribution is 2.34. The summed E-state index contributed by atoms with van der Waals surface area (Å²) in [6.07, 6.45) is 2.45. The smallest absolute Gasteiger partial charge is 0.268 e. The third-order valence-electron chi connectivity index (χ3n) is 5.81. The average molecular weight is 477 g/mol. The zero-order chi connectivity index (χ0) is 22.9. The van der Waals surface area contributed by atoms with Crippen LogP contribution in [0.3, 0.4) is 0 Å². The van der Waals surface area contributed by atoms with Crippen LogP contribution in [0.1, 0.15) is 5.56 Å². The van der Waals surface area contributed by atoms with Crippen molar-refractivity contribution < 1.29 is 13.2 Å². The molecule has 32 heavy (non-hydrogen) atoms. The minimum absolute atomic E-state index is 0.234. The van der Waals surface area contributed by atoms with Gasteiger partial charge in [-0.05, 0) is 62.5 Å². The molecule has 9 heteroatoms. The van der Waals surface area contributed by atoms with Gasteiger partial charge in [0.2, 0.25) is 0 Å². The molecule has 0 radical (unpaired) electrons. The Kier molecular flexibility index (Phi) is 6.67. The van der Waals surface area contributed by atoms with E-state index < -0.39 is 10.0 Å². The van der Waals surface area contributed by atoms with Crippen molar-refractivity contribution in [2.75, 3.05) is 58.8 Å². The van der Waals surface area contributed by atoms with Gasteiger partial charge in [0, 0.05) is 49.3 Å². The Morgan fingerprint density at radius 2 is 1.88 bits per heavy atom. The van der Waals surface area contributed by atoms with E-state index in [-0.39, 0.29) is 4.90 Å². The van der Waals surface area contributed by atoms with Crippen molar-refractivity contribution >= 4 is 38.2 Å². The van der Waals surface area contributed by atoms with Gasteiger partial charge in [0.1, 0.15) is 5.75 Å². The molecule has 2 heterocycles. The molecule has 7 nitrogen and oxygen atoms in total. The predicted molar refractivity (Wildman–Crippen MR) is 130 cm³/mol. The van der Waals surface area contributed by atoms with Gasteiger partial charge in [-0.25, -0.2) is 12.4 Å². The van der Waals surface area contributed by atoms with Crippen LogP contribution in [0.5, 0.6) is 5.75 Å². The van der Waals surface area contributed by atoms with E-state index in [2.05, 4.69) is 15.1 Å². The molecule has 0 atom stereocenters. The number of nitrogens with zero attached hydrogens (tertiary/aromatic N) is 3. The van der Waals surface area contributed by atoms with Gasteiger partial charge in [0.15, 0.2) is 0 Å². The molecule has 172 valence electrons. The summed E-state index contributed by atoms with van der Waals surface area (Å²) in [7, 11) is 1.78. The lowest BCUT2D eigenvalue weighted by Crippen LogP contribution is -2.43. The summed E-state index contributed by atoms with van der Waals surface area (Å²) in [6.45, 7) is 4.08. The summed E-state index contributed by atoms with van der Waals surface area (Å²) >= 11 is 6.24. The van der Waals surface area contributed by atoms with Crippen LogP contribution in [-0.2, 0) is 16.4 Å². The number of rotatable bonds is 7. The molecule has 0 spiro atoms. The lowest BCUT2D eigenvalue weighted by atomic mass is 10.1. The van der Waals surface area contributed by atoms with E-state index in [4.69, 9.17) is 16.3 Å².